The maximum Gasteiger partial charge on any atom is 0.228 e. The van der Waals surface area contributed by atoms with Crippen LogP contribution >= 0.6 is 0 Å². The molecule has 1 aliphatic heterocycles. The maximum atomic E-state index is 12.9. The molecule has 0 spiro atoms. The van der Waals surface area contributed by atoms with Crippen LogP contribution in [0.4, 0.5) is 0 Å². The van der Waals surface area contributed by atoms with Crippen LogP contribution in [-0.4, -0.2) is 43.5 Å². The molecule has 3 aromatic rings. The van der Waals surface area contributed by atoms with Gasteiger partial charge in [0.15, 0.2) is 0 Å². The van der Waals surface area contributed by atoms with Crippen molar-refractivity contribution in [2.24, 2.45) is 0 Å². The lowest BCUT2D eigenvalue weighted by atomic mass is 10.1. The second kappa shape index (κ2) is 5.97. The molecule has 0 saturated heterocycles. The van der Waals surface area contributed by atoms with Gasteiger partial charge in [-0.25, -0.2) is 4.98 Å². The molecule has 4 heterocycles. The van der Waals surface area contributed by atoms with Crippen LogP contribution in [0.5, 0.6) is 0 Å². The number of carbonyl (C=O) groups excluding carboxylic acids is 1. The van der Waals surface area contributed by atoms with E-state index < -0.39 is 0 Å². The predicted molar refractivity (Wildman–Crippen MR) is 98.2 cm³/mol. The van der Waals surface area contributed by atoms with Crippen molar-refractivity contribution >= 4 is 11.6 Å². The zero-order valence-electron chi connectivity index (χ0n) is 15.0. The van der Waals surface area contributed by atoms with Crippen LogP contribution in [0.3, 0.4) is 0 Å². The molecule has 26 heavy (non-hydrogen) atoms. The van der Waals surface area contributed by atoms with Crippen LogP contribution in [-0.2, 0) is 24.1 Å². The number of carbonyl (C=O) groups is 1. The van der Waals surface area contributed by atoms with Gasteiger partial charge in [-0.15, -0.1) is 0 Å². The molecule has 0 radical (unpaired) electrons. The van der Waals surface area contributed by atoms with Gasteiger partial charge in [-0.3, -0.25) is 9.89 Å². The first-order valence-corrected chi connectivity index (χ1v) is 9.46. The number of aryl methyl sites for hydroxylation is 1. The molecule has 2 aliphatic rings. The molecule has 6 heteroatoms. The summed E-state index contributed by atoms with van der Waals surface area (Å²) in [6, 6.07) is 4.05. The van der Waals surface area contributed by atoms with E-state index in [1.807, 2.05) is 40.8 Å². The summed E-state index contributed by atoms with van der Waals surface area (Å²) >= 11 is 0. The van der Waals surface area contributed by atoms with Crippen molar-refractivity contribution in [1.82, 2.24) is 24.5 Å². The number of rotatable bonds is 3. The molecular formula is C20H23N5O. The number of nitrogens with one attached hydrogen (secondary N) is 1. The summed E-state index contributed by atoms with van der Waals surface area (Å²) < 4.78 is 2.03. The highest BCUT2D eigenvalue weighted by Gasteiger charge is 2.31. The Morgan fingerprint density at radius 2 is 2.15 bits per heavy atom. The molecule has 1 N–H and O–H groups in total. The third-order valence-electron chi connectivity index (χ3n) is 5.70. The van der Waals surface area contributed by atoms with E-state index in [0.29, 0.717) is 12.3 Å². The first-order valence-electron chi connectivity index (χ1n) is 9.46. The summed E-state index contributed by atoms with van der Waals surface area (Å²) in [7, 11) is 0. The van der Waals surface area contributed by atoms with Gasteiger partial charge in [0.2, 0.25) is 5.91 Å². The highest BCUT2D eigenvalue weighted by Crippen LogP contribution is 2.41. The standard InChI is InChI=1S/C20H23N5O/c1-13-3-2-8-25-15(12-21-20(13)25)11-18(26)24-9-6-16-17(7-10-24)22-23-19(16)14-4-5-14/h2-3,8,12,14H,4-7,9-11H2,1H3,(H,22,23). The lowest BCUT2D eigenvalue weighted by Crippen LogP contribution is -2.34. The largest absolute Gasteiger partial charge is 0.342 e. The first kappa shape index (κ1) is 15.6. The average Bonchev–Trinajstić information content (AvgIpc) is 3.34. The van der Waals surface area contributed by atoms with E-state index in [1.165, 1.54) is 29.8 Å². The molecule has 3 aromatic heterocycles. The van der Waals surface area contributed by atoms with Crippen LogP contribution in [0.15, 0.2) is 24.5 Å². The minimum Gasteiger partial charge on any atom is -0.342 e. The van der Waals surface area contributed by atoms with Crippen molar-refractivity contribution in [2.75, 3.05) is 13.1 Å². The Labute approximate surface area is 152 Å². The van der Waals surface area contributed by atoms with Crippen LogP contribution in [0.2, 0.25) is 0 Å². The molecule has 6 nitrogen and oxygen atoms in total. The SMILES string of the molecule is Cc1cccn2c(CC(=O)N3CCc4[nH]nc(C5CC5)c4CC3)cnc12. The topological polar surface area (TPSA) is 66.3 Å². The second-order valence-electron chi connectivity index (χ2n) is 7.53. The molecule has 0 aromatic carbocycles. The molecule has 1 fully saturated rings. The van der Waals surface area contributed by atoms with Gasteiger partial charge in [0.1, 0.15) is 5.65 Å². The number of H-pyrrole nitrogens is 1. The Balaban J connectivity index is 1.32. The van der Waals surface area contributed by atoms with E-state index in [0.717, 1.165) is 42.8 Å². The summed E-state index contributed by atoms with van der Waals surface area (Å²) in [5.74, 6) is 0.832. The molecule has 1 aliphatic carbocycles. The normalized spacial score (nSPS) is 17.3. The van der Waals surface area contributed by atoms with Crippen molar-refractivity contribution in [3.8, 4) is 0 Å². The van der Waals surface area contributed by atoms with E-state index in [1.54, 1.807) is 0 Å². The molecular weight excluding hydrogens is 326 g/mol. The lowest BCUT2D eigenvalue weighted by Gasteiger charge is -2.20. The third kappa shape index (κ3) is 2.60. The number of nitrogens with zero attached hydrogens (tertiary/aromatic N) is 4. The molecule has 1 saturated carbocycles. The van der Waals surface area contributed by atoms with Gasteiger partial charge >= 0.3 is 0 Å². The van der Waals surface area contributed by atoms with Crippen LogP contribution < -0.4 is 0 Å². The van der Waals surface area contributed by atoms with Gasteiger partial charge in [0.25, 0.3) is 0 Å². The van der Waals surface area contributed by atoms with Gasteiger partial charge in [0, 0.05) is 43.5 Å². The van der Waals surface area contributed by atoms with Crippen molar-refractivity contribution in [3.63, 3.8) is 0 Å². The summed E-state index contributed by atoms with van der Waals surface area (Å²) in [5, 5.41) is 7.76. The fourth-order valence-electron chi connectivity index (χ4n) is 4.05. The number of amides is 1. The number of aromatic nitrogens is 4. The zero-order chi connectivity index (χ0) is 17.7. The lowest BCUT2D eigenvalue weighted by molar-refractivity contribution is -0.130. The predicted octanol–water partition coefficient (Wildman–Crippen LogP) is 2.41. The highest BCUT2D eigenvalue weighted by atomic mass is 16.2. The maximum absolute atomic E-state index is 12.9. The molecule has 0 unspecified atom stereocenters. The van der Waals surface area contributed by atoms with Crippen molar-refractivity contribution in [1.29, 1.82) is 0 Å². The number of aromatic amines is 1. The third-order valence-corrected chi connectivity index (χ3v) is 5.70. The zero-order valence-corrected chi connectivity index (χ0v) is 15.0. The minimum absolute atomic E-state index is 0.180. The highest BCUT2D eigenvalue weighted by molar-refractivity contribution is 5.78. The molecule has 5 rings (SSSR count). The number of imidazole rings is 1. The fourth-order valence-corrected chi connectivity index (χ4v) is 4.05. The van der Waals surface area contributed by atoms with Gasteiger partial charge < -0.3 is 9.30 Å². The summed E-state index contributed by atoms with van der Waals surface area (Å²) in [6.45, 7) is 3.58. The van der Waals surface area contributed by atoms with Crippen molar-refractivity contribution in [3.05, 3.63) is 52.7 Å². The van der Waals surface area contributed by atoms with E-state index in [2.05, 4.69) is 15.2 Å². The first-order chi connectivity index (χ1) is 12.7. The summed E-state index contributed by atoms with van der Waals surface area (Å²) in [6.07, 6.45) is 8.50. The molecule has 0 bridgehead atoms. The van der Waals surface area contributed by atoms with Gasteiger partial charge in [-0.1, -0.05) is 6.07 Å². The number of hydrogen-bond acceptors (Lipinski definition) is 3. The molecule has 134 valence electrons. The average molecular weight is 349 g/mol. The van der Waals surface area contributed by atoms with E-state index in [9.17, 15) is 4.79 Å². The quantitative estimate of drug-likeness (QED) is 0.790. The monoisotopic (exact) mass is 349 g/mol. The summed E-state index contributed by atoms with van der Waals surface area (Å²) in [5.41, 5.74) is 6.87. The van der Waals surface area contributed by atoms with Crippen molar-refractivity contribution in [2.45, 2.75) is 44.9 Å². The van der Waals surface area contributed by atoms with Crippen LogP contribution in [0, 0.1) is 6.92 Å². The number of pyridine rings is 1. The van der Waals surface area contributed by atoms with Gasteiger partial charge in [0.05, 0.1) is 17.8 Å². The Hall–Kier alpha value is -2.63. The van der Waals surface area contributed by atoms with Crippen LogP contribution in [0.25, 0.3) is 5.65 Å². The fraction of sp³-hybridized carbons (Fsp3) is 0.450. The van der Waals surface area contributed by atoms with E-state index >= 15 is 0 Å². The smallest absolute Gasteiger partial charge is 0.228 e. The number of hydrogen-bond donors (Lipinski definition) is 1. The molecule has 1 amide bonds. The Morgan fingerprint density at radius 3 is 3.00 bits per heavy atom. The second-order valence-corrected chi connectivity index (χ2v) is 7.53. The van der Waals surface area contributed by atoms with E-state index in [-0.39, 0.29) is 5.91 Å². The Bertz CT molecular complexity index is 981. The van der Waals surface area contributed by atoms with Gasteiger partial charge in [-0.05, 0) is 43.4 Å². The minimum atomic E-state index is 0.180. The van der Waals surface area contributed by atoms with Gasteiger partial charge in [-0.2, -0.15) is 5.10 Å². The Kier molecular flexibility index (Phi) is 3.58. The van der Waals surface area contributed by atoms with Crippen LogP contribution in [0.1, 0.15) is 47.0 Å². The number of fused-ring (bicyclic) bond motifs is 2. The van der Waals surface area contributed by atoms with Crippen molar-refractivity contribution < 1.29 is 4.79 Å². The summed E-state index contributed by atoms with van der Waals surface area (Å²) in [4.78, 5) is 19.4. The Morgan fingerprint density at radius 1 is 1.31 bits per heavy atom. The molecule has 0 atom stereocenters. The van der Waals surface area contributed by atoms with E-state index in [4.69, 9.17) is 0 Å².